The summed E-state index contributed by atoms with van der Waals surface area (Å²) >= 11 is 12.3. The van der Waals surface area contributed by atoms with Crippen molar-refractivity contribution in [2.75, 3.05) is 5.73 Å². The molecule has 0 aliphatic heterocycles. The van der Waals surface area contributed by atoms with Gasteiger partial charge in [-0.1, -0.05) is 29.3 Å². The Morgan fingerprint density at radius 2 is 1.90 bits per heavy atom. The highest BCUT2D eigenvalue weighted by molar-refractivity contribution is 6.32. The van der Waals surface area contributed by atoms with Gasteiger partial charge in [0.2, 0.25) is 0 Å². The van der Waals surface area contributed by atoms with E-state index in [2.05, 4.69) is 15.5 Å². The zero-order valence-corrected chi connectivity index (χ0v) is 12.6. The number of halogens is 2. The van der Waals surface area contributed by atoms with Crippen LogP contribution in [0.25, 0.3) is 17.1 Å². The molecule has 0 atom stereocenters. The van der Waals surface area contributed by atoms with Gasteiger partial charge >= 0.3 is 0 Å². The lowest BCUT2D eigenvalue weighted by molar-refractivity contribution is 0.791. The second-order valence-electron chi connectivity index (χ2n) is 4.64. The minimum atomic E-state index is 0.523. The van der Waals surface area contributed by atoms with Crippen molar-refractivity contribution in [1.29, 1.82) is 0 Å². The zero-order valence-electron chi connectivity index (χ0n) is 11.1. The summed E-state index contributed by atoms with van der Waals surface area (Å²) in [5, 5.41) is 12.9. The standard InChI is InChI=1S/C14H11Cl2N5/c1-8-2-3-12(16)13(4-8)21-14(18-19-20-21)9-5-10(15)7-11(17)6-9/h2-7H,17H2,1H3. The fraction of sp³-hybridized carbons (Fsp3) is 0.0714. The lowest BCUT2D eigenvalue weighted by atomic mass is 10.1. The van der Waals surface area contributed by atoms with Gasteiger partial charge in [-0.15, -0.1) is 5.10 Å². The van der Waals surface area contributed by atoms with Crippen LogP contribution in [0.5, 0.6) is 0 Å². The average molecular weight is 320 g/mol. The monoisotopic (exact) mass is 319 g/mol. The van der Waals surface area contributed by atoms with Crippen LogP contribution in [0.3, 0.4) is 0 Å². The molecule has 0 bridgehead atoms. The van der Waals surface area contributed by atoms with Gasteiger partial charge in [-0.3, -0.25) is 0 Å². The normalized spacial score (nSPS) is 10.8. The van der Waals surface area contributed by atoms with E-state index in [1.165, 1.54) is 0 Å². The van der Waals surface area contributed by atoms with Gasteiger partial charge < -0.3 is 5.73 Å². The van der Waals surface area contributed by atoms with Crippen LogP contribution < -0.4 is 5.73 Å². The molecule has 0 aliphatic carbocycles. The summed E-state index contributed by atoms with van der Waals surface area (Å²) in [5.74, 6) is 0.525. The number of hydrogen-bond donors (Lipinski definition) is 1. The Hall–Kier alpha value is -2.11. The molecule has 0 unspecified atom stereocenters. The van der Waals surface area contributed by atoms with E-state index >= 15 is 0 Å². The Morgan fingerprint density at radius 1 is 1.10 bits per heavy atom. The second-order valence-corrected chi connectivity index (χ2v) is 5.49. The number of aromatic nitrogens is 4. The van der Waals surface area contributed by atoms with E-state index in [0.29, 0.717) is 27.2 Å². The molecule has 3 aromatic rings. The van der Waals surface area contributed by atoms with Gasteiger partial charge in [0.25, 0.3) is 0 Å². The first-order chi connectivity index (χ1) is 10.0. The summed E-state index contributed by atoms with van der Waals surface area (Å²) in [7, 11) is 0. The summed E-state index contributed by atoms with van der Waals surface area (Å²) in [6.07, 6.45) is 0. The Bertz CT molecular complexity index is 793. The van der Waals surface area contributed by atoms with E-state index < -0.39 is 0 Å². The number of hydrogen-bond acceptors (Lipinski definition) is 4. The molecule has 0 aliphatic rings. The highest BCUT2D eigenvalue weighted by Gasteiger charge is 2.14. The van der Waals surface area contributed by atoms with E-state index in [4.69, 9.17) is 28.9 Å². The van der Waals surface area contributed by atoms with Gasteiger partial charge in [0.15, 0.2) is 5.82 Å². The molecule has 21 heavy (non-hydrogen) atoms. The van der Waals surface area contributed by atoms with Crippen molar-refractivity contribution in [3.8, 4) is 17.1 Å². The van der Waals surface area contributed by atoms with Gasteiger partial charge in [0.1, 0.15) is 0 Å². The van der Waals surface area contributed by atoms with Crippen molar-refractivity contribution in [2.45, 2.75) is 6.92 Å². The van der Waals surface area contributed by atoms with Crippen LogP contribution >= 0.6 is 23.2 Å². The summed E-state index contributed by atoms with van der Waals surface area (Å²) in [5.41, 5.74) is 8.85. The Morgan fingerprint density at radius 3 is 2.67 bits per heavy atom. The van der Waals surface area contributed by atoms with E-state index in [0.717, 1.165) is 11.1 Å². The van der Waals surface area contributed by atoms with Crippen molar-refractivity contribution < 1.29 is 0 Å². The number of tetrazole rings is 1. The molecule has 0 amide bonds. The molecule has 0 saturated carbocycles. The molecule has 0 spiro atoms. The first-order valence-corrected chi connectivity index (χ1v) is 6.91. The van der Waals surface area contributed by atoms with Crippen LogP contribution in [0, 0.1) is 6.92 Å². The fourth-order valence-electron chi connectivity index (χ4n) is 2.06. The van der Waals surface area contributed by atoms with E-state index in [-0.39, 0.29) is 0 Å². The number of nitrogens with zero attached hydrogens (tertiary/aromatic N) is 4. The number of rotatable bonds is 2. The minimum absolute atomic E-state index is 0.523. The number of aryl methyl sites for hydroxylation is 1. The maximum atomic E-state index is 6.24. The van der Waals surface area contributed by atoms with Crippen LogP contribution in [0.15, 0.2) is 36.4 Å². The maximum absolute atomic E-state index is 6.24. The summed E-state index contributed by atoms with van der Waals surface area (Å²) in [6, 6.07) is 10.8. The molecule has 0 radical (unpaired) electrons. The van der Waals surface area contributed by atoms with Crippen LogP contribution in [-0.4, -0.2) is 20.2 Å². The number of anilines is 1. The Kier molecular flexibility index (Phi) is 3.53. The molecule has 5 nitrogen and oxygen atoms in total. The molecule has 1 aromatic heterocycles. The first kappa shape index (κ1) is 13.9. The highest BCUT2D eigenvalue weighted by Crippen LogP contribution is 2.28. The SMILES string of the molecule is Cc1ccc(Cl)c(-n2nnnc2-c2cc(N)cc(Cl)c2)c1. The third-order valence-corrected chi connectivity index (χ3v) is 3.52. The van der Waals surface area contributed by atoms with Gasteiger partial charge in [-0.2, -0.15) is 4.68 Å². The number of nitrogens with two attached hydrogens (primary N) is 1. The maximum Gasteiger partial charge on any atom is 0.187 e. The fourth-order valence-corrected chi connectivity index (χ4v) is 2.50. The van der Waals surface area contributed by atoms with E-state index in [1.54, 1.807) is 22.9 Å². The third-order valence-electron chi connectivity index (χ3n) is 2.98. The molecular weight excluding hydrogens is 309 g/mol. The lowest BCUT2D eigenvalue weighted by Gasteiger charge is -2.08. The molecule has 2 aromatic carbocycles. The minimum Gasteiger partial charge on any atom is -0.399 e. The largest absolute Gasteiger partial charge is 0.399 e. The summed E-state index contributed by atoms with van der Waals surface area (Å²) < 4.78 is 1.57. The first-order valence-electron chi connectivity index (χ1n) is 6.16. The molecule has 106 valence electrons. The number of benzene rings is 2. The predicted molar refractivity (Wildman–Crippen MR) is 83.8 cm³/mol. The van der Waals surface area contributed by atoms with E-state index in [1.807, 2.05) is 25.1 Å². The van der Waals surface area contributed by atoms with Gasteiger partial charge in [-0.25, -0.2) is 0 Å². The number of nitrogen functional groups attached to an aromatic ring is 1. The van der Waals surface area contributed by atoms with E-state index in [9.17, 15) is 0 Å². The van der Waals surface area contributed by atoms with Crippen LogP contribution in [0.1, 0.15) is 5.56 Å². The second kappa shape index (κ2) is 5.35. The van der Waals surface area contributed by atoms with Crippen molar-refractivity contribution in [3.05, 3.63) is 52.0 Å². The van der Waals surface area contributed by atoms with Gasteiger partial charge in [0, 0.05) is 16.3 Å². The summed E-state index contributed by atoms with van der Waals surface area (Å²) in [4.78, 5) is 0. The molecule has 7 heteroatoms. The van der Waals surface area contributed by atoms with Crippen molar-refractivity contribution in [1.82, 2.24) is 20.2 Å². The molecular formula is C14H11Cl2N5. The third kappa shape index (κ3) is 2.70. The van der Waals surface area contributed by atoms with Gasteiger partial charge in [-0.05, 0) is 53.2 Å². The van der Waals surface area contributed by atoms with Gasteiger partial charge in [0.05, 0.1) is 10.7 Å². The highest BCUT2D eigenvalue weighted by atomic mass is 35.5. The molecule has 1 heterocycles. The Balaban J connectivity index is 2.19. The zero-order chi connectivity index (χ0) is 15.0. The van der Waals surface area contributed by atoms with Crippen molar-refractivity contribution >= 4 is 28.9 Å². The molecule has 2 N–H and O–H groups in total. The average Bonchev–Trinajstić information content (AvgIpc) is 2.89. The lowest BCUT2D eigenvalue weighted by Crippen LogP contribution is -2.01. The topological polar surface area (TPSA) is 69.6 Å². The predicted octanol–water partition coefficient (Wildman–Crippen LogP) is 3.53. The molecule has 3 rings (SSSR count). The quantitative estimate of drug-likeness (QED) is 0.733. The van der Waals surface area contributed by atoms with Crippen molar-refractivity contribution in [2.24, 2.45) is 0 Å². The van der Waals surface area contributed by atoms with Crippen LogP contribution in [0.2, 0.25) is 10.0 Å². The smallest absolute Gasteiger partial charge is 0.187 e. The van der Waals surface area contributed by atoms with Crippen LogP contribution in [-0.2, 0) is 0 Å². The molecule has 0 saturated heterocycles. The summed E-state index contributed by atoms with van der Waals surface area (Å²) in [6.45, 7) is 1.97. The molecule has 0 fully saturated rings. The Labute approximate surface area is 131 Å². The van der Waals surface area contributed by atoms with Crippen LogP contribution in [0.4, 0.5) is 5.69 Å². The van der Waals surface area contributed by atoms with Crippen molar-refractivity contribution in [3.63, 3.8) is 0 Å².